The highest BCUT2D eigenvalue weighted by Crippen LogP contribution is 2.32. The quantitative estimate of drug-likeness (QED) is 0.427. The lowest BCUT2D eigenvalue weighted by molar-refractivity contribution is 0.104. The van der Waals surface area contributed by atoms with E-state index in [-0.39, 0.29) is 5.78 Å². The Labute approximate surface area is 153 Å². The van der Waals surface area contributed by atoms with Crippen LogP contribution in [-0.2, 0) is 0 Å². The molecular weight excluding hydrogens is 339 g/mol. The first kappa shape index (κ1) is 17.3. The zero-order valence-electron chi connectivity index (χ0n) is 13.5. The summed E-state index contributed by atoms with van der Waals surface area (Å²) >= 11 is 11.9. The Morgan fingerprint density at radius 3 is 2.17 bits per heavy atom. The zero-order valence-corrected chi connectivity index (χ0v) is 15.0. The monoisotopic (exact) mass is 358 g/mol. The highest BCUT2D eigenvalue weighted by molar-refractivity contribution is 6.35. The van der Waals surface area contributed by atoms with Gasteiger partial charge in [0, 0.05) is 15.6 Å². The predicted octanol–water partition coefficient (Wildman–Crippen LogP) is 6.94. The number of allylic oxidation sites excluding steroid dienone is 1. The summed E-state index contributed by atoms with van der Waals surface area (Å²) in [4.78, 5) is 12.2. The predicted molar refractivity (Wildman–Crippen MR) is 102 cm³/mol. The van der Waals surface area contributed by atoms with Crippen molar-refractivity contribution in [2.75, 3.05) is 0 Å². The molecule has 0 aromatic heterocycles. The Bertz CT molecular complexity index is 721. The van der Waals surface area contributed by atoms with Gasteiger partial charge in [0.05, 0.1) is 0 Å². The summed E-state index contributed by atoms with van der Waals surface area (Å²) < 4.78 is 0. The fourth-order valence-corrected chi connectivity index (χ4v) is 3.81. The molecule has 1 fully saturated rings. The second-order valence-electron chi connectivity index (χ2n) is 6.36. The second-order valence-corrected chi connectivity index (χ2v) is 7.23. The summed E-state index contributed by atoms with van der Waals surface area (Å²) in [5.41, 5.74) is 2.94. The largest absolute Gasteiger partial charge is 0.289 e. The van der Waals surface area contributed by atoms with Crippen molar-refractivity contribution in [1.82, 2.24) is 0 Å². The molecule has 0 spiro atoms. The van der Waals surface area contributed by atoms with E-state index < -0.39 is 0 Å². The van der Waals surface area contributed by atoms with Gasteiger partial charge in [0.25, 0.3) is 0 Å². The van der Waals surface area contributed by atoms with E-state index >= 15 is 0 Å². The van der Waals surface area contributed by atoms with Crippen molar-refractivity contribution >= 4 is 35.1 Å². The SMILES string of the molecule is O=C(C=Cc1ccc(C2CCCCC2)cc1)c1cc(Cl)cc(Cl)c1. The summed E-state index contributed by atoms with van der Waals surface area (Å²) in [6, 6.07) is 13.4. The van der Waals surface area contributed by atoms with Crippen LogP contribution in [0.5, 0.6) is 0 Å². The van der Waals surface area contributed by atoms with E-state index in [0.717, 1.165) is 5.56 Å². The normalized spacial score (nSPS) is 15.8. The summed E-state index contributed by atoms with van der Waals surface area (Å²) in [5.74, 6) is 0.600. The Balaban J connectivity index is 1.68. The van der Waals surface area contributed by atoms with Crippen LogP contribution in [0.15, 0.2) is 48.5 Å². The van der Waals surface area contributed by atoms with Gasteiger partial charge in [-0.1, -0.05) is 72.8 Å². The van der Waals surface area contributed by atoms with E-state index in [1.807, 2.05) is 6.08 Å². The molecule has 1 aliphatic carbocycles. The fourth-order valence-electron chi connectivity index (χ4n) is 3.28. The van der Waals surface area contributed by atoms with E-state index in [9.17, 15) is 4.79 Å². The number of hydrogen-bond acceptors (Lipinski definition) is 1. The third-order valence-electron chi connectivity index (χ3n) is 4.59. The number of benzene rings is 2. The van der Waals surface area contributed by atoms with Gasteiger partial charge in [0.15, 0.2) is 5.78 Å². The highest BCUT2D eigenvalue weighted by atomic mass is 35.5. The Morgan fingerprint density at radius 2 is 1.54 bits per heavy atom. The van der Waals surface area contributed by atoms with Crippen LogP contribution >= 0.6 is 23.2 Å². The van der Waals surface area contributed by atoms with Crippen LogP contribution in [0.4, 0.5) is 0 Å². The van der Waals surface area contributed by atoms with Crippen molar-refractivity contribution in [3.05, 3.63) is 75.3 Å². The minimum Gasteiger partial charge on any atom is -0.289 e. The molecule has 1 saturated carbocycles. The molecule has 0 amide bonds. The standard InChI is InChI=1S/C21H20Cl2O/c22-19-12-18(13-20(23)14-19)21(24)11-8-15-6-9-17(10-7-15)16-4-2-1-3-5-16/h6-14,16H,1-5H2. The molecule has 124 valence electrons. The van der Waals surface area contributed by atoms with Crippen LogP contribution in [0.25, 0.3) is 6.08 Å². The van der Waals surface area contributed by atoms with Gasteiger partial charge < -0.3 is 0 Å². The molecule has 1 nitrogen and oxygen atoms in total. The van der Waals surface area contributed by atoms with Crippen LogP contribution in [-0.4, -0.2) is 5.78 Å². The lowest BCUT2D eigenvalue weighted by Gasteiger charge is -2.21. The number of rotatable bonds is 4. The first-order chi connectivity index (χ1) is 11.6. The van der Waals surface area contributed by atoms with E-state index in [1.165, 1.54) is 37.7 Å². The van der Waals surface area contributed by atoms with Gasteiger partial charge in [-0.25, -0.2) is 0 Å². The molecule has 0 heterocycles. The van der Waals surface area contributed by atoms with Crippen molar-refractivity contribution in [2.24, 2.45) is 0 Å². The Morgan fingerprint density at radius 1 is 0.917 bits per heavy atom. The third-order valence-corrected chi connectivity index (χ3v) is 5.02. The number of carbonyl (C=O) groups excluding carboxylic acids is 1. The van der Waals surface area contributed by atoms with Crippen molar-refractivity contribution in [3.63, 3.8) is 0 Å². The fraction of sp³-hybridized carbons (Fsp3) is 0.286. The molecule has 0 radical (unpaired) electrons. The van der Waals surface area contributed by atoms with Gasteiger partial charge in [-0.05, 0) is 54.2 Å². The van der Waals surface area contributed by atoms with Gasteiger partial charge in [-0.2, -0.15) is 0 Å². The van der Waals surface area contributed by atoms with Gasteiger partial charge in [0.2, 0.25) is 0 Å². The van der Waals surface area contributed by atoms with E-state index in [4.69, 9.17) is 23.2 Å². The first-order valence-corrected chi connectivity index (χ1v) is 9.16. The molecule has 2 aromatic carbocycles. The smallest absolute Gasteiger partial charge is 0.185 e. The molecule has 3 rings (SSSR count). The van der Waals surface area contributed by atoms with Crippen LogP contribution in [0, 0.1) is 0 Å². The number of ketones is 1. The number of carbonyl (C=O) groups is 1. The summed E-state index contributed by atoms with van der Waals surface area (Å²) in [7, 11) is 0. The van der Waals surface area contributed by atoms with Gasteiger partial charge in [-0.15, -0.1) is 0 Å². The molecule has 0 atom stereocenters. The molecule has 0 aliphatic heterocycles. The molecule has 3 heteroatoms. The van der Waals surface area contributed by atoms with Crippen LogP contribution in [0.1, 0.15) is 59.5 Å². The molecule has 0 N–H and O–H groups in total. The summed E-state index contributed by atoms with van der Waals surface area (Å²) in [6.45, 7) is 0. The van der Waals surface area contributed by atoms with Crippen LogP contribution in [0.3, 0.4) is 0 Å². The molecule has 1 aliphatic rings. The van der Waals surface area contributed by atoms with Gasteiger partial charge >= 0.3 is 0 Å². The number of hydrogen-bond donors (Lipinski definition) is 0. The Kier molecular flexibility index (Phi) is 5.76. The zero-order chi connectivity index (χ0) is 16.9. The van der Waals surface area contributed by atoms with Gasteiger partial charge in [0.1, 0.15) is 0 Å². The maximum atomic E-state index is 12.2. The maximum absolute atomic E-state index is 12.2. The molecule has 0 bridgehead atoms. The van der Waals surface area contributed by atoms with E-state index in [2.05, 4.69) is 24.3 Å². The topological polar surface area (TPSA) is 17.1 Å². The van der Waals surface area contributed by atoms with E-state index in [0.29, 0.717) is 21.5 Å². The lowest BCUT2D eigenvalue weighted by Crippen LogP contribution is -2.04. The van der Waals surface area contributed by atoms with Crippen molar-refractivity contribution < 1.29 is 4.79 Å². The maximum Gasteiger partial charge on any atom is 0.185 e. The van der Waals surface area contributed by atoms with Crippen LogP contribution in [0.2, 0.25) is 10.0 Å². The highest BCUT2D eigenvalue weighted by Gasteiger charge is 2.14. The van der Waals surface area contributed by atoms with Crippen LogP contribution < -0.4 is 0 Å². The van der Waals surface area contributed by atoms with Crippen molar-refractivity contribution in [2.45, 2.75) is 38.0 Å². The van der Waals surface area contributed by atoms with E-state index in [1.54, 1.807) is 24.3 Å². The minimum absolute atomic E-state index is 0.101. The summed E-state index contributed by atoms with van der Waals surface area (Å²) in [6.07, 6.45) is 10.0. The van der Waals surface area contributed by atoms with Crippen molar-refractivity contribution in [1.29, 1.82) is 0 Å². The molecule has 24 heavy (non-hydrogen) atoms. The van der Waals surface area contributed by atoms with Crippen molar-refractivity contribution in [3.8, 4) is 0 Å². The third kappa shape index (κ3) is 4.49. The second kappa shape index (κ2) is 8.00. The average molecular weight is 359 g/mol. The van der Waals surface area contributed by atoms with Gasteiger partial charge in [-0.3, -0.25) is 4.79 Å². The molecule has 2 aromatic rings. The lowest BCUT2D eigenvalue weighted by atomic mass is 9.84. The summed E-state index contributed by atoms with van der Waals surface area (Å²) in [5, 5.41) is 0.937. The molecular formula is C21H20Cl2O. The Hall–Kier alpha value is -1.57. The molecule has 0 unspecified atom stereocenters. The minimum atomic E-state index is -0.101. The molecule has 0 saturated heterocycles. The number of halogens is 2. The average Bonchev–Trinajstić information content (AvgIpc) is 2.60. The first-order valence-electron chi connectivity index (χ1n) is 8.40.